The van der Waals surface area contributed by atoms with E-state index in [-0.39, 0.29) is 0 Å². The summed E-state index contributed by atoms with van der Waals surface area (Å²) in [6.07, 6.45) is 9.66. The van der Waals surface area contributed by atoms with Crippen LogP contribution < -0.4 is 0 Å². The molecule has 0 aromatic heterocycles. The van der Waals surface area contributed by atoms with E-state index < -0.39 is 0 Å². The molecule has 1 radical (unpaired) electrons. The van der Waals surface area contributed by atoms with Gasteiger partial charge in [-0.05, 0) is 25.7 Å². The molecule has 0 amide bonds. The Hall–Kier alpha value is -0.520. The maximum atomic E-state index is 5.20. The van der Waals surface area contributed by atoms with Crippen molar-refractivity contribution >= 4 is 0 Å². The minimum Gasteiger partial charge on any atom is -0.103 e. The quantitative estimate of drug-likeness (QED) is 0.376. The Labute approximate surface area is 58.3 Å². The fraction of sp³-hybridized carbons (Fsp3) is 0.556. The van der Waals surface area contributed by atoms with Crippen molar-refractivity contribution in [3.05, 3.63) is 25.3 Å². The molecule has 0 aliphatic heterocycles. The summed E-state index contributed by atoms with van der Waals surface area (Å²) >= 11 is 0. The summed E-state index contributed by atoms with van der Waals surface area (Å²) in [7, 11) is 0. The maximum Gasteiger partial charge on any atom is -0.0348 e. The summed E-state index contributed by atoms with van der Waals surface area (Å²) < 4.78 is 0. The Morgan fingerprint density at radius 3 is 2.33 bits per heavy atom. The van der Waals surface area contributed by atoms with Crippen molar-refractivity contribution in [3.8, 4) is 0 Å². The predicted octanol–water partition coefficient (Wildman–Crippen LogP) is 3.11. The lowest BCUT2D eigenvalue weighted by molar-refractivity contribution is 0.697. The van der Waals surface area contributed by atoms with Crippen molar-refractivity contribution in [1.82, 2.24) is 0 Å². The van der Waals surface area contributed by atoms with Crippen molar-refractivity contribution in [1.29, 1.82) is 0 Å². The van der Waals surface area contributed by atoms with E-state index in [0.29, 0.717) is 0 Å². The number of hydrogen-bond donors (Lipinski definition) is 0. The molecular formula is C9H15. The second-order valence-electron chi connectivity index (χ2n) is 2.16. The van der Waals surface area contributed by atoms with Gasteiger partial charge in [-0.3, -0.25) is 0 Å². The average Bonchev–Trinajstić information content (AvgIpc) is 1.89. The number of allylic oxidation sites excluding steroid dienone is 2. The summed E-state index contributed by atoms with van der Waals surface area (Å²) in [5.74, 6) is 0. The van der Waals surface area contributed by atoms with Crippen LogP contribution in [0.2, 0.25) is 0 Å². The number of rotatable bonds is 6. The van der Waals surface area contributed by atoms with Gasteiger partial charge in [-0.15, -0.1) is 6.58 Å². The molecule has 0 saturated heterocycles. The maximum absolute atomic E-state index is 5.20. The van der Waals surface area contributed by atoms with E-state index in [1.165, 1.54) is 19.3 Å². The Bertz CT molecular complexity index is 62.1. The Morgan fingerprint density at radius 2 is 1.78 bits per heavy atom. The second kappa shape index (κ2) is 7.48. The van der Waals surface area contributed by atoms with Gasteiger partial charge in [0, 0.05) is 0 Å². The van der Waals surface area contributed by atoms with Crippen LogP contribution in [0, 0.1) is 6.58 Å². The van der Waals surface area contributed by atoms with Crippen LogP contribution in [0.1, 0.15) is 32.1 Å². The fourth-order valence-corrected chi connectivity index (χ4v) is 0.728. The first-order chi connectivity index (χ1) is 4.41. The Kier molecular flexibility index (Phi) is 7.05. The molecule has 0 N–H and O–H groups in total. The van der Waals surface area contributed by atoms with Crippen molar-refractivity contribution in [2.24, 2.45) is 0 Å². The van der Waals surface area contributed by atoms with Gasteiger partial charge in [0.2, 0.25) is 0 Å². The molecule has 0 heterocycles. The Morgan fingerprint density at radius 1 is 1.11 bits per heavy atom. The molecule has 0 heteroatoms. The standard InChI is InChI=1S/C9H15/c1-3-5-7-9-8-6-4-2/h1,3-4H,2,5-9H2. The van der Waals surface area contributed by atoms with Crippen LogP contribution in [0.25, 0.3) is 0 Å². The molecule has 0 fully saturated rings. The van der Waals surface area contributed by atoms with Gasteiger partial charge in [0.25, 0.3) is 0 Å². The molecule has 9 heavy (non-hydrogen) atoms. The van der Waals surface area contributed by atoms with E-state index in [1.54, 1.807) is 6.08 Å². The van der Waals surface area contributed by atoms with E-state index >= 15 is 0 Å². The minimum absolute atomic E-state index is 1.05. The largest absolute Gasteiger partial charge is 0.103 e. The summed E-state index contributed by atoms with van der Waals surface area (Å²) in [4.78, 5) is 0. The average molecular weight is 123 g/mol. The van der Waals surface area contributed by atoms with Gasteiger partial charge in [0.1, 0.15) is 0 Å². The fourth-order valence-electron chi connectivity index (χ4n) is 0.728. The van der Waals surface area contributed by atoms with Crippen LogP contribution in [-0.2, 0) is 0 Å². The van der Waals surface area contributed by atoms with Crippen LogP contribution >= 0.6 is 0 Å². The summed E-state index contributed by atoms with van der Waals surface area (Å²) in [6, 6.07) is 0. The van der Waals surface area contributed by atoms with Crippen molar-refractivity contribution < 1.29 is 0 Å². The first kappa shape index (κ1) is 8.48. The zero-order valence-corrected chi connectivity index (χ0v) is 5.97. The lowest BCUT2D eigenvalue weighted by Crippen LogP contribution is -1.73. The van der Waals surface area contributed by atoms with E-state index in [1.807, 2.05) is 6.08 Å². The lowest BCUT2D eigenvalue weighted by atomic mass is 10.1. The molecule has 0 atom stereocenters. The molecule has 0 spiro atoms. The van der Waals surface area contributed by atoms with Gasteiger partial charge in [-0.1, -0.05) is 25.2 Å². The topological polar surface area (TPSA) is 0 Å². The minimum atomic E-state index is 1.05. The van der Waals surface area contributed by atoms with Crippen LogP contribution in [0.5, 0.6) is 0 Å². The third-order valence-corrected chi connectivity index (χ3v) is 1.28. The zero-order valence-electron chi connectivity index (χ0n) is 5.97. The monoisotopic (exact) mass is 123 g/mol. The zero-order chi connectivity index (χ0) is 6.95. The third-order valence-electron chi connectivity index (χ3n) is 1.28. The highest BCUT2D eigenvalue weighted by Crippen LogP contribution is 2.02. The summed E-state index contributed by atoms with van der Waals surface area (Å²) in [6.45, 7) is 8.84. The van der Waals surface area contributed by atoms with Crippen LogP contribution in [0.15, 0.2) is 18.7 Å². The summed E-state index contributed by atoms with van der Waals surface area (Å²) in [5, 5.41) is 0. The first-order valence-electron chi connectivity index (χ1n) is 3.56. The number of hydrogen-bond acceptors (Lipinski definition) is 0. The molecule has 0 nitrogen and oxygen atoms in total. The van der Waals surface area contributed by atoms with Crippen molar-refractivity contribution in [2.75, 3.05) is 0 Å². The molecule has 0 aliphatic rings. The van der Waals surface area contributed by atoms with Crippen LogP contribution in [0.3, 0.4) is 0 Å². The molecule has 0 bridgehead atoms. The van der Waals surface area contributed by atoms with E-state index in [2.05, 4.69) is 6.58 Å². The highest BCUT2D eigenvalue weighted by atomic mass is 13.9. The lowest BCUT2D eigenvalue weighted by Gasteiger charge is -1.92. The molecule has 0 rings (SSSR count). The van der Waals surface area contributed by atoms with Crippen molar-refractivity contribution in [2.45, 2.75) is 32.1 Å². The van der Waals surface area contributed by atoms with Gasteiger partial charge in [-0.2, -0.15) is 0 Å². The molecule has 0 aromatic carbocycles. The SMILES string of the molecule is [CH]=CCCCCCC=C. The van der Waals surface area contributed by atoms with Gasteiger partial charge in [0.15, 0.2) is 0 Å². The highest BCUT2D eigenvalue weighted by Gasteiger charge is 1.82. The highest BCUT2D eigenvalue weighted by molar-refractivity contribution is 4.67. The van der Waals surface area contributed by atoms with E-state index in [0.717, 1.165) is 12.8 Å². The van der Waals surface area contributed by atoms with E-state index in [9.17, 15) is 0 Å². The van der Waals surface area contributed by atoms with Crippen LogP contribution in [0.4, 0.5) is 0 Å². The summed E-state index contributed by atoms with van der Waals surface area (Å²) in [5.41, 5.74) is 0. The molecule has 51 valence electrons. The first-order valence-corrected chi connectivity index (χ1v) is 3.56. The van der Waals surface area contributed by atoms with Gasteiger partial charge < -0.3 is 0 Å². The van der Waals surface area contributed by atoms with Gasteiger partial charge in [0.05, 0.1) is 0 Å². The molecule has 0 saturated carbocycles. The molecule has 0 aromatic rings. The van der Waals surface area contributed by atoms with Crippen LogP contribution in [-0.4, -0.2) is 0 Å². The predicted molar refractivity (Wildman–Crippen MR) is 42.2 cm³/mol. The normalized spacial score (nSPS) is 8.89. The number of unbranched alkanes of at least 4 members (excludes halogenated alkanes) is 4. The van der Waals surface area contributed by atoms with Gasteiger partial charge in [-0.25, -0.2) is 0 Å². The molecule has 0 aliphatic carbocycles. The molecule has 0 unspecified atom stereocenters. The Balaban J connectivity index is 2.74. The van der Waals surface area contributed by atoms with Crippen molar-refractivity contribution in [3.63, 3.8) is 0 Å². The third kappa shape index (κ3) is 7.48. The smallest absolute Gasteiger partial charge is 0.0348 e. The second-order valence-corrected chi connectivity index (χ2v) is 2.16. The van der Waals surface area contributed by atoms with Gasteiger partial charge >= 0.3 is 0 Å². The van der Waals surface area contributed by atoms with E-state index in [4.69, 9.17) is 6.58 Å². The molecular weight excluding hydrogens is 108 g/mol.